The van der Waals surface area contributed by atoms with Crippen LogP contribution in [0.5, 0.6) is 0 Å². The van der Waals surface area contributed by atoms with Gasteiger partial charge in [-0.1, -0.05) is 0 Å². The molecular formula is C14H17N3OS. The van der Waals surface area contributed by atoms with Crippen LogP contribution in [-0.4, -0.2) is 19.0 Å². The molecule has 5 heteroatoms. The first-order valence-electron chi connectivity index (χ1n) is 6.86. The molecule has 0 radical (unpaired) electrons. The van der Waals surface area contributed by atoms with E-state index in [1.54, 1.807) is 11.3 Å². The maximum atomic E-state index is 12.2. The number of nitrogens with zero attached hydrogens (tertiary/aromatic N) is 1. The van der Waals surface area contributed by atoms with Crippen LogP contribution in [0.2, 0.25) is 0 Å². The lowest BCUT2D eigenvalue weighted by Crippen LogP contribution is -2.37. The van der Waals surface area contributed by atoms with Crippen LogP contribution in [0.4, 0.5) is 5.00 Å². The van der Waals surface area contributed by atoms with Crippen molar-refractivity contribution in [3.8, 4) is 6.07 Å². The number of anilines is 1. The van der Waals surface area contributed by atoms with E-state index in [2.05, 4.69) is 16.7 Å². The van der Waals surface area contributed by atoms with Gasteiger partial charge in [-0.3, -0.25) is 4.79 Å². The zero-order valence-electron chi connectivity index (χ0n) is 10.8. The lowest BCUT2D eigenvalue weighted by atomic mass is 9.99. The van der Waals surface area contributed by atoms with E-state index in [1.165, 1.54) is 10.4 Å². The minimum Gasteiger partial charge on any atom is -0.316 e. The molecular weight excluding hydrogens is 258 g/mol. The molecule has 19 heavy (non-hydrogen) atoms. The molecule has 1 unspecified atom stereocenters. The Morgan fingerprint density at radius 2 is 2.32 bits per heavy atom. The Balaban J connectivity index is 1.76. The number of aryl methyl sites for hydroxylation is 1. The summed E-state index contributed by atoms with van der Waals surface area (Å²) in [5.41, 5.74) is 1.87. The van der Waals surface area contributed by atoms with Gasteiger partial charge in [-0.15, -0.1) is 11.3 Å². The van der Waals surface area contributed by atoms with Gasteiger partial charge < -0.3 is 10.6 Å². The molecule has 1 amide bonds. The third-order valence-corrected chi connectivity index (χ3v) is 5.14. The molecule has 100 valence electrons. The number of piperidine rings is 1. The molecule has 1 aliphatic carbocycles. The summed E-state index contributed by atoms with van der Waals surface area (Å²) >= 11 is 1.59. The second-order valence-electron chi connectivity index (χ2n) is 5.21. The molecule has 1 aromatic rings. The summed E-state index contributed by atoms with van der Waals surface area (Å²) < 4.78 is 0. The van der Waals surface area contributed by atoms with Crippen molar-refractivity contribution in [1.82, 2.24) is 5.32 Å². The number of carbonyl (C=O) groups excluding carboxylic acids is 1. The quantitative estimate of drug-likeness (QED) is 0.868. The Morgan fingerprint density at radius 1 is 1.42 bits per heavy atom. The Labute approximate surface area is 116 Å². The third-order valence-electron chi connectivity index (χ3n) is 3.94. The second-order valence-corrected chi connectivity index (χ2v) is 6.31. The molecule has 1 fully saturated rings. The number of nitriles is 1. The van der Waals surface area contributed by atoms with E-state index in [4.69, 9.17) is 0 Å². The fourth-order valence-corrected chi connectivity index (χ4v) is 4.14. The van der Waals surface area contributed by atoms with Crippen molar-refractivity contribution in [2.75, 3.05) is 18.4 Å². The van der Waals surface area contributed by atoms with E-state index in [1.807, 2.05) is 0 Å². The fourth-order valence-electron chi connectivity index (χ4n) is 2.90. The first kappa shape index (κ1) is 12.6. The number of carbonyl (C=O) groups is 1. The van der Waals surface area contributed by atoms with Gasteiger partial charge in [0.05, 0.1) is 11.5 Å². The van der Waals surface area contributed by atoms with Crippen LogP contribution >= 0.6 is 11.3 Å². The van der Waals surface area contributed by atoms with Gasteiger partial charge in [0, 0.05) is 11.4 Å². The molecule has 1 saturated heterocycles. The van der Waals surface area contributed by atoms with Gasteiger partial charge in [0.2, 0.25) is 5.91 Å². The van der Waals surface area contributed by atoms with Crippen molar-refractivity contribution in [2.45, 2.75) is 32.1 Å². The minimum atomic E-state index is 0.0391. The molecule has 0 aromatic carbocycles. The van der Waals surface area contributed by atoms with E-state index in [0.29, 0.717) is 5.56 Å². The Bertz CT molecular complexity index is 538. The van der Waals surface area contributed by atoms with Crippen LogP contribution in [0.15, 0.2) is 0 Å². The molecule has 2 N–H and O–H groups in total. The summed E-state index contributed by atoms with van der Waals surface area (Å²) in [6, 6.07) is 2.26. The number of rotatable bonds is 2. The summed E-state index contributed by atoms with van der Waals surface area (Å²) in [7, 11) is 0. The Morgan fingerprint density at radius 3 is 3.05 bits per heavy atom. The summed E-state index contributed by atoms with van der Waals surface area (Å²) in [6.07, 6.45) is 5.15. The largest absolute Gasteiger partial charge is 0.316 e. The molecule has 0 spiro atoms. The third kappa shape index (κ3) is 2.38. The average molecular weight is 275 g/mol. The lowest BCUT2D eigenvalue weighted by Gasteiger charge is -2.21. The molecule has 2 aliphatic rings. The minimum absolute atomic E-state index is 0.0391. The maximum Gasteiger partial charge on any atom is 0.229 e. The Hall–Kier alpha value is -1.38. The zero-order valence-corrected chi connectivity index (χ0v) is 11.6. The first-order valence-corrected chi connectivity index (χ1v) is 7.67. The van der Waals surface area contributed by atoms with Gasteiger partial charge in [-0.25, -0.2) is 0 Å². The maximum absolute atomic E-state index is 12.2. The van der Waals surface area contributed by atoms with Gasteiger partial charge in [0.1, 0.15) is 11.1 Å². The summed E-state index contributed by atoms with van der Waals surface area (Å²) in [5, 5.41) is 16.3. The highest BCUT2D eigenvalue weighted by atomic mass is 32.1. The van der Waals surface area contributed by atoms with Gasteiger partial charge >= 0.3 is 0 Å². The van der Waals surface area contributed by atoms with Gasteiger partial charge in [-0.05, 0) is 44.2 Å². The summed E-state index contributed by atoms with van der Waals surface area (Å²) in [5.74, 6) is 0.0980. The highest BCUT2D eigenvalue weighted by Crippen LogP contribution is 2.38. The zero-order chi connectivity index (χ0) is 13.2. The van der Waals surface area contributed by atoms with E-state index >= 15 is 0 Å². The smallest absolute Gasteiger partial charge is 0.229 e. The van der Waals surface area contributed by atoms with Crippen LogP contribution in [0.3, 0.4) is 0 Å². The van der Waals surface area contributed by atoms with Crippen molar-refractivity contribution in [3.63, 3.8) is 0 Å². The highest BCUT2D eigenvalue weighted by Gasteiger charge is 2.26. The van der Waals surface area contributed by atoms with Crippen molar-refractivity contribution >= 4 is 22.2 Å². The van der Waals surface area contributed by atoms with Crippen LogP contribution in [0.1, 0.15) is 35.3 Å². The van der Waals surface area contributed by atoms with E-state index < -0.39 is 0 Å². The van der Waals surface area contributed by atoms with Crippen LogP contribution < -0.4 is 10.6 Å². The highest BCUT2D eigenvalue weighted by molar-refractivity contribution is 7.16. The van der Waals surface area contributed by atoms with Crippen molar-refractivity contribution < 1.29 is 4.79 Å². The molecule has 3 rings (SSSR count). The number of hydrogen-bond donors (Lipinski definition) is 2. The topological polar surface area (TPSA) is 64.9 Å². The van der Waals surface area contributed by atoms with E-state index in [9.17, 15) is 10.1 Å². The van der Waals surface area contributed by atoms with Crippen LogP contribution in [-0.2, 0) is 17.6 Å². The van der Waals surface area contributed by atoms with Crippen molar-refractivity contribution in [3.05, 3.63) is 16.0 Å². The number of nitrogens with one attached hydrogen (secondary N) is 2. The molecule has 0 bridgehead atoms. The predicted molar refractivity (Wildman–Crippen MR) is 75.3 cm³/mol. The fraction of sp³-hybridized carbons (Fsp3) is 0.571. The lowest BCUT2D eigenvalue weighted by molar-refractivity contribution is -0.120. The molecule has 1 aliphatic heterocycles. The van der Waals surface area contributed by atoms with Gasteiger partial charge in [-0.2, -0.15) is 5.26 Å². The standard InChI is InChI=1S/C14H17N3OS/c15-7-11-10-4-1-5-12(10)19-14(11)17-13(18)9-3-2-6-16-8-9/h9,16H,1-6,8H2,(H,17,18). The number of fused-ring (bicyclic) bond motifs is 1. The molecule has 0 saturated carbocycles. The monoisotopic (exact) mass is 275 g/mol. The first-order chi connectivity index (χ1) is 9.29. The van der Waals surface area contributed by atoms with Gasteiger partial charge in [0.25, 0.3) is 0 Å². The average Bonchev–Trinajstić information content (AvgIpc) is 3.00. The SMILES string of the molecule is N#Cc1c(NC(=O)C2CCCNC2)sc2c1CCC2. The number of thiophene rings is 1. The number of amides is 1. The van der Waals surface area contributed by atoms with Crippen molar-refractivity contribution in [1.29, 1.82) is 5.26 Å². The van der Waals surface area contributed by atoms with Gasteiger partial charge in [0.15, 0.2) is 0 Å². The van der Waals surface area contributed by atoms with E-state index in [-0.39, 0.29) is 11.8 Å². The molecule has 4 nitrogen and oxygen atoms in total. The Kier molecular flexibility index (Phi) is 3.54. The molecule has 2 heterocycles. The normalized spacial score (nSPS) is 21.7. The van der Waals surface area contributed by atoms with Crippen molar-refractivity contribution in [2.24, 2.45) is 5.92 Å². The molecule has 1 aromatic heterocycles. The molecule has 1 atom stereocenters. The second kappa shape index (κ2) is 5.32. The predicted octanol–water partition coefficient (Wildman–Crippen LogP) is 2.05. The van der Waals surface area contributed by atoms with Crippen LogP contribution in [0, 0.1) is 17.2 Å². The van der Waals surface area contributed by atoms with E-state index in [0.717, 1.165) is 50.2 Å². The summed E-state index contributed by atoms with van der Waals surface area (Å²) in [6.45, 7) is 1.75. The summed E-state index contributed by atoms with van der Waals surface area (Å²) in [4.78, 5) is 13.5. The number of hydrogen-bond acceptors (Lipinski definition) is 4. The van der Waals surface area contributed by atoms with Crippen LogP contribution in [0.25, 0.3) is 0 Å².